The maximum atomic E-state index is 12.5. The van der Waals surface area contributed by atoms with Crippen LogP contribution in [0.3, 0.4) is 0 Å². The van der Waals surface area contributed by atoms with E-state index in [1.165, 1.54) is 0 Å². The van der Waals surface area contributed by atoms with Crippen LogP contribution in [0.25, 0.3) is 11.0 Å². The smallest absolute Gasteiger partial charge is 0.223 e. The van der Waals surface area contributed by atoms with Gasteiger partial charge in [0.15, 0.2) is 0 Å². The maximum absolute atomic E-state index is 12.5. The van der Waals surface area contributed by atoms with Crippen molar-refractivity contribution >= 4 is 28.5 Å². The second kappa shape index (κ2) is 7.10. The Kier molecular flexibility index (Phi) is 4.91. The molecule has 0 bridgehead atoms. The highest BCUT2D eigenvalue weighted by Crippen LogP contribution is 2.27. The Morgan fingerprint density at radius 1 is 1.17 bits per heavy atom. The van der Waals surface area contributed by atoms with Crippen LogP contribution in [0.5, 0.6) is 0 Å². The van der Waals surface area contributed by atoms with Crippen LogP contribution in [0.4, 0.5) is 0 Å². The van der Waals surface area contributed by atoms with Gasteiger partial charge in [0.2, 0.25) is 5.91 Å². The van der Waals surface area contributed by atoms with Crippen LogP contribution in [0.2, 0.25) is 5.02 Å². The van der Waals surface area contributed by atoms with Crippen LogP contribution < -0.4 is 0 Å². The molecular formula is C20H20ClNO2. The number of carbonyl (C=O) groups excluding carboxylic acids is 1. The molecule has 1 aromatic heterocycles. The second-order valence-electron chi connectivity index (χ2n) is 5.96. The Morgan fingerprint density at radius 2 is 1.88 bits per heavy atom. The van der Waals surface area contributed by atoms with E-state index < -0.39 is 0 Å². The fraction of sp³-hybridized carbons (Fsp3) is 0.250. The molecular weight excluding hydrogens is 322 g/mol. The predicted molar refractivity (Wildman–Crippen MR) is 97.2 cm³/mol. The number of rotatable bonds is 5. The molecule has 0 aliphatic carbocycles. The van der Waals surface area contributed by atoms with Gasteiger partial charge in [0.05, 0.1) is 6.04 Å². The molecule has 0 aliphatic rings. The summed E-state index contributed by atoms with van der Waals surface area (Å²) in [7, 11) is 1.81. The Hall–Kier alpha value is -2.26. The molecule has 0 fully saturated rings. The number of aryl methyl sites for hydroxylation is 1. The highest BCUT2D eigenvalue weighted by atomic mass is 35.5. The lowest BCUT2D eigenvalue weighted by molar-refractivity contribution is -0.132. The van der Waals surface area contributed by atoms with Crippen molar-refractivity contribution in [3.05, 3.63) is 70.9 Å². The number of hydrogen-bond acceptors (Lipinski definition) is 2. The molecule has 1 atom stereocenters. The third-order valence-electron chi connectivity index (χ3n) is 4.40. The van der Waals surface area contributed by atoms with Crippen molar-refractivity contribution in [1.29, 1.82) is 0 Å². The molecule has 0 spiro atoms. The second-order valence-corrected chi connectivity index (χ2v) is 6.37. The van der Waals surface area contributed by atoms with E-state index in [2.05, 4.69) is 0 Å². The molecule has 24 heavy (non-hydrogen) atoms. The van der Waals surface area contributed by atoms with Crippen molar-refractivity contribution in [2.45, 2.75) is 25.8 Å². The summed E-state index contributed by atoms with van der Waals surface area (Å²) in [6.07, 6.45) is 1.06. The number of benzene rings is 2. The summed E-state index contributed by atoms with van der Waals surface area (Å²) in [6, 6.07) is 17.4. The van der Waals surface area contributed by atoms with Gasteiger partial charge in [-0.05, 0) is 37.1 Å². The van der Waals surface area contributed by atoms with Crippen LogP contribution in [-0.4, -0.2) is 17.9 Å². The van der Waals surface area contributed by atoms with Crippen molar-refractivity contribution in [1.82, 2.24) is 4.90 Å². The molecule has 0 aliphatic heterocycles. The number of nitrogens with zero attached hydrogens (tertiary/aromatic N) is 1. The van der Waals surface area contributed by atoms with Gasteiger partial charge in [0.25, 0.3) is 0 Å². The van der Waals surface area contributed by atoms with Crippen molar-refractivity contribution in [2.24, 2.45) is 0 Å². The van der Waals surface area contributed by atoms with Gasteiger partial charge in [-0.2, -0.15) is 0 Å². The first-order valence-corrected chi connectivity index (χ1v) is 8.41. The molecule has 0 radical (unpaired) electrons. The van der Waals surface area contributed by atoms with E-state index in [9.17, 15) is 4.79 Å². The first-order chi connectivity index (χ1) is 11.6. The van der Waals surface area contributed by atoms with E-state index in [1.807, 2.05) is 68.6 Å². The van der Waals surface area contributed by atoms with Crippen molar-refractivity contribution in [2.75, 3.05) is 7.05 Å². The van der Waals surface area contributed by atoms with Crippen LogP contribution in [-0.2, 0) is 11.2 Å². The zero-order chi connectivity index (χ0) is 17.1. The van der Waals surface area contributed by atoms with E-state index in [1.54, 1.807) is 4.90 Å². The summed E-state index contributed by atoms with van der Waals surface area (Å²) in [4.78, 5) is 14.2. The summed E-state index contributed by atoms with van der Waals surface area (Å²) in [5.74, 6) is 0.868. The lowest BCUT2D eigenvalue weighted by Crippen LogP contribution is -2.29. The van der Waals surface area contributed by atoms with Gasteiger partial charge in [-0.1, -0.05) is 48.0 Å². The van der Waals surface area contributed by atoms with Crippen LogP contribution in [0.1, 0.15) is 30.7 Å². The average molecular weight is 342 g/mol. The molecule has 3 aromatic rings. The monoisotopic (exact) mass is 341 g/mol. The average Bonchev–Trinajstić information content (AvgIpc) is 3.03. The minimum atomic E-state index is -0.115. The lowest BCUT2D eigenvalue weighted by Gasteiger charge is -2.23. The van der Waals surface area contributed by atoms with E-state index in [4.69, 9.17) is 16.0 Å². The molecule has 3 nitrogen and oxygen atoms in total. The molecule has 0 saturated heterocycles. The number of furan rings is 1. The first kappa shape index (κ1) is 16.6. The largest absolute Gasteiger partial charge is 0.459 e. The zero-order valence-electron chi connectivity index (χ0n) is 13.8. The van der Waals surface area contributed by atoms with Gasteiger partial charge in [-0.3, -0.25) is 4.79 Å². The summed E-state index contributed by atoms with van der Waals surface area (Å²) < 4.78 is 5.87. The van der Waals surface area contributed by atoms with Gasteiger partial charge in [0, 0.05) is 23.9 Å². The number of para-hydroxylation sites is 1. The number of fused-ring (bicyclic) bond motifs is 1. The van der Waals surface area contributed by atoms with Gasteiger partial charge in [0.1, 0.15) is 11.3 Å². The Morgan fingerprint density at radius 3 is 2.62 bits per heavy atom. The summed E-state index contributed by atoms with van der Waals surface area (Å²) >= 11 is 6.15. The van der Waals surface area contributed by atoms with Crippen LogP contribution in [0.15, 0.2) is 59.0 Å². The molecule has 3 rings (SSSR count). The van der Waals surface area contributed by atoms with Crippen molar-refractivity contribution in [3.8, 4) is 0 Å². The SMILES string of the molecule is C[C@H](c1cc2ccccc2o1)N(C)C(=O)CCc1ccccc1Cl. The Bertz CT molecular complexity index is 822. The van der Waals surface area contributed by atoms with E-state index in [0.29, 0.717) is 17.9 Å². The minimum Gasteiger partial charge on any atom is -0.459 e. The molecule has 1 heterocycles. The van der Waals surface area contributed by atoms with Crippen molar-refractivity contribution in [3.63, 3.8) is 0 Å². The van der Waals surface area contributed by atoms with E-state index in [-0.39, 0.29) is 11.9 Å². The summed E-state index contributed by atoms with van der Waals surface area (Å²) in [5.41, 5.74) is 1.84. The summed E-state index contributed by atoms with van der Waals surface area (Å²) in [5, 5.41) is 1.76. The van der Waals surface area contributed by atoms with E-state index >= 15 is 0 Å². The third kappa shape index (κ3) is 3.46. The maximum Gasteiger partial charge on any atom is 0.223 e. The van der Waals surface area contributed by atoms with Gasteiger partial charge in [-0.15, -0.1) is 0 Å². The van der Waals surface area contributed by atoms with Gasteiger partial charge in [-0.25, -0.2) is 0 Å². The fourth-order valence-corrected chi connectivity index (χ4v) is 2.96. The molecule has 2 aromatic carbocycles. The topological polar surface area (TPSA) is 33.5 Å². The standard InChI is InChI=1S/C20H20ClNO2/c1-14(19-13-16-8-4-6-10-18(16)24-19)22(2)20(23)12-11-15-7-3-5-9-17(15)21/h3-10,13-14H,11-12H2,1-2H3/t14-/m1/s1. The lowest BCUT2D eigenvalue weighted by atomic mass is 10.1. The molecule has 4 heteroatoms. The summed E-state index contributed by atoms with van der Waals surface area (Å²) in [6.45, 7) is 1.98. The zero-order valence-corrected chi connectivity index (χ0v) is 14.6. The molecule has 1 amide bonds. The quantitative estimate of drug-likeness (QED) is 0.636. The normalized spacial score (nSPS) is 12.3. The molecule has 0 unspecified atom stereocenters. The highest BCUT2D eigenvalue weighted by Gasteiger charge is 2.20. The van der Waals surface area contributed by atoms with Crippen LogP contribution >= 0.6 is 11.6 Å². The number of halogens is 1. The predicted octanol–water partition coefficient (Wildman–Crippen LogP) is 5.24. The third-order valence-corrected chi connectivity index (χ3v) is 4.77. The van der Waals surface area contributed by atoms with Gasteiger partial charge >= 0.3 is 0 Å². The van der Waals surface area contributed by atoms with Crippen LogP contribution in [0, 0.1) is 0 Å². The first-order valence-electron chi connectivity index (χ1n) is 8.04. The Labute approximate surface area is 146 Å². The Balaban J connectivity index is 1.67. The minimum absolute atomic E-state index is 0.0721. The number of carbonyl (C=O) groups is 1. The molecule has 0 saturated carbocycles. The van der Waals surface area contributed by atoms with Gasteiger partial charge < -0.3 is 9.32 Å². The number of hydrogen-bond donors (Lipinski definition) is 0. The fourth-order valence-electron chi connectivity index (χ4n) is 2.73. The van der Waals surface area contributed by atoms with Crippen molar-refractivity contribution < 1.29 is 9.21 Å². The van der Waals surface area contributed by atoms with E-state index in [0.717, 1.165) is 22.3 Å². The number of amides is 1. The molecule has 0 N–H and O–H groups in total. The molecule has 124 valence electrons. The highest BCUT2D eigenvalue weighted by molar-refractivity contribution is 6.31.